The van der Waals surface area contributed by atoms with Crippen molar-refractivity contribution in [2.24, 2.45) is 5.41 Å². The molecule has 1 aromatic rings. The fourth-order valence-corrected chi connectivity index (χ4v) is 2.59. The van der Waals surface area contributed by atoms with Gasteiger partial charge in [-0.1, -0.05) is 41.5 Å². The van der Waals surface area contributed by atoms with Crippen molar-refractivity contribution in [3.05, 3.63) is 17.0 Å². The highest BCUT2D eigenvalue weighted by molar-refractivity contribution is 9.09. The van der Waals surface area contributed by atoms with E-state index in [2.05, 4.69) is 46.7 Å². The van der Waals surface area contributed by atoms with Crippen LogP contribution in [0.5, 0.6) is 0 Å². The van der Waals surface area contributed by atoms with Crippen molar-refractivity contribution >= 4 is 27.7 Å². The van der Waals surface area contributed by atoms with Crippen LogP contribution in [0.15, 0.2) is 5.16 Å². The van der Waals surface area contributed by atoms with Crippen molar-refractivity contribution in [2.75, 3.05) is 11.1 Å². The molecule has 0 saturated carbocycles. The lowest BCUT2D eigenvalue weighted by Crippen LogP contribution is -2.16. The molecule has 0 N–H and O–H groups in total. The predicted molar refractivity (Wildman–Crippen MR) is 74.5 cm³/mol. The Morgan fingerprint density at radius 3 is 2.06 bits per heavy atom. The third-order valence-electron chi connectivity index (χ3n) is 2.57. The van der Waals surface area contributed by atoms with Crippen LogP contribution >= 0.6 is 27.7 Å². The minimum Gasteiger partial charge on any atom is -0.228 e. The van der Waals surface area contributed by atoms with Gasteiger partial charge in [0, 0.05) is 22.5 Å². The molecule has 0 aliphatic carbocycles. The Balaban J connectivity index is 2.76. The normalized spacial score (nSPS) is 11.9. The number of hydrogen-bond acceptors (Lipinski definition) is 3. The molecule has 16 heavy (non-hydrogen) atoms. The zero-order valence-electron chi connectivity index (χ0n) is 10.6. The quantitative estimate of drug-likeness (QED) is 0.479. The third-order valence-corrected chi connectivity index (χ3v) is 5.45. The van der Waals surface area contributed by atoms with E-state index in [-0.39, 0.29) is 5.41 Å². The van der Waals surface area contributed by atoms with Gasteiger partial charge in [0.15, 0.2) is 5.16 Å². The highest BCUT2D eigenvalue weighted by Crippen LogP contribution is 2.27. The van der Waals surface area contributed by atoms with Gasteiger partial charge in [-0.25, -0.2) is 9.97 Å². The van der Waals surface area contributed by atoms with E-state index < -0.39 is 0 Å². The molecule has 2 nitrogen and oxygen atoms in total. The second-order valence-corrected chi connectivity index (χ2v) is 6.39. The van der Waals surface area contributed by atoms with Crippen LogP contribution in [0.1, 0.15) is 30.8 Å². The van der Waals surface area contributed by atoms with Gasteiger partial charge in [0.2, 0.25) is 0 Å². The molecular weight excluding hydrogens is 284 g/mol. The summed E-state index contributed by atoms with van der Waals surface area (Å²) in [5.41, 5.74) is 3.66. The van der Waals surface area contributed by atoms with Gasteiger partial charge < -0.3 is 0 Å². The summed E-state index contributed by atoms with van der Waals surface area (Å²) >= 11 is 5.27. The Labute approximate surface area is 111 Å². The average molecular weight is 303 g/mol. The Kier molecular flexibility index (Phi) is 4.80. The number of hydrogen-bond donors (Lipinski definition) is 0. The molecule has 0 saturated heterocycles. The second-order valence-electron chi connectivity index (χ2n) is 4.89. The van der Waals surface area contributed by atoms with Crippen LogP contribution in [0.25, 0.3) is 0 Å². The van der Waals surface area contributed by atoms with Gasteiger partial charge in [0.05, 0.1) is 0 Å². The van der Waals surface area contributed by atoms with Gasteiger partial charge in [-0.3, -0.25) is 0 Å². The van der Waals surface area contributed by atoms with Gasteiger partial charge in [0.25, 0.3) is 0 Å². The molecule has 0 radical (unpaired) electrons. The van der Waals surface area contributed by atoms with E-state index in [4.69, 9.17) is 0 Å². The molecule has 1 heterocycles. The van der Waals surface area contributed by atoms with Crippen molar-refractivity contribution in [1.29, 1.82) is 0 Å². The first-order valence-electron chi connectivity index (χ1n) is 5.36. The van der Waals surface area contributed by atoms with Gasteiger partial charge in [0.1, 0.15) is 0 Å². The van der Waals surface area contributed by atoms with Crippen LogP contribution < -0.4 is 0 Å². The van der Waals surface area contributed by atoms with Crippen molar-refractivity contribution in [3.8, 4) is 0 Å². The Morgan fingerprint density at radius 1 is 1.12 bits per heavy atom. The van der Waals surface area contributed by atoms with E-state index in [0.717, 1.165) is 27.6 Å². The summed E-state index contributed by atoms with van der Waals surface area (Å²) in [4.78, 5) is 9.01. The molecule has 1 rings (SSSR count). The maximum atomic E-state index is 4.51. The van der Waals surface area contributed by atoms with Gasteiger partial charge >= 0.3 is 0 Å². The standard InChI is InChI=1S/C12H19BrN2S/c1-8-9(2)14-11(15-10(8)3)16-7-12(4,5)6-13/h6-7H2,1-5H3. The zero-order valence-corrected chi connectivity index (χ0v) is 13.0. The van der Waals surface area contributed by atoms with E-state index in [0.29, 0.717) is 0 Å². The molecule has 0 atom stereocenters. The smallest absolute Gasteiger partial charge is 0.188 e. The third kappa shape index (κ3) is 3.74. The molecular formula is C12H19BrN2S. The van der Waals surface area contributed by atoms with Gasteiger partial charge in [-0.15, -0.1) is 0 Å². The lowest BCUT2D eigenvalue weighted by Gasteiger charge is -2.20. The van der Waals surface area contributed by atoms with E-state index in [1.54, 1.807) is 11.8 Å². The largest absolute Gasteiger partial charge is 0.228 e. The molecule has 0 amide bonds. The van der Waals surface area contributed by atoms with Crippen LogP contribution in [0.3, 0.4) is 0 Å². The van der Waals surface area contributed by atoms with Gasteiger partial charge in [-0.05, 0) is 31.7 Å². The van der Waals surface area contributed by atoms with Gasteiger partial charge in [-0.2, -0.15) is 0 Å². The minimum atomic E-state index is 0.278. The number of alkyl halides is 1. The molecule has 0 spiro atoms. The number of halogens is 1. The summed E-state index contributed by atoms with van der Waals surface area (Å²) in [7, 11) is 0. The molecule has 0 aromatic carbocycles. The summed E-state index contributed by atoms with van der Waals surface area (Å²) in [5, 5.41) is 1.89. The molecule has 0 aliphatic rings. The average Bonchev–Trinajstić information content (AvgIpc) is 2.23. The molecule has 4 heteroatoms. The number of aromatic nitrogens is 2. The van der Waals surface area contributed by atoms with Crippen LogP contribution in [-0.2, 0) is 0 Å². The Hall–Kier alpha value is -0.0900. The number of thioether (sulfide) groups is 1. The lowest BCUT2D eigenvalue weighted by molar-refractivity contribution is 0.495. The molecule has 0 aliphatic heterocycles. The highest BCUT2D eigenvalue weighted by Gasteiger charge is 2.17. The summed E-state index contributed by atoms with van der Waals surface area (Å²) in [6.07, 6.45) is 0. The maximum absolute atomic E-state index is 4.51. The number of nitrogens with zero attached hydrogens (tertiary/aromatic N) is 2. The highest BCUT2D eigenvalue weighted by atomic mass is 79.9. The first-order valence-corrected chi connectivity index (χ1v) is 7.47. The fourth-order valence-electron chi connectivity index (χ4n) is 1.10. The lowest BCUT2D eigenvalue weighted by atomic mass is 10.0. The number of rotatable bonds is 4. The molecule has 0 unspecified atom stereocenters. The van der Waals surface area contributed by atoms with E-state index >= 15 is 0 Å². The Morgan fingerprint density at radius 2 is 1.62 bits per heavy atom. The summed E-state index contributed by atoms with van der Waals surface area (Å²) in [5.74, 6) is 1.03. The van der Waals surface area contributed by atoms with Crippen molar-refractivity contribution in [1.82, 2.24) is 9.97 Å². The zero-order chi connectivity index (χ0) is 12.3. The molecule has 0 fully saturated rings. The van der Waals surface area contributed by atoms with Crippen molar-refractivity contribution in [3.63, 3.8) is 0 Å². The van der Waals surface area contributed by atoms with Crippen LogP contribution in [0.4, 0.5) is 0 Å². The van der Waals surface area contributed by atoms with Crippen molar-refractivity contribution < 1.29 is 0 Å². The summed E-state index contributed by atoms with van der Waals surface area (Å²) in [6, 6.07) is 0. The minimum absolute atomic E-state index is 0.278. The monoisotopic (exact) mass is 302 g/mol. The first-order chi connectivity index (χ1) is 7.35. The maximum Gasteiger partial charge on any atom is 0.188 e. The SMILES string of the molecule is Cc1nc(SCC(C)(C)CBr)nc(C)c1C. The Bertz CT molecular complexity index is 354. The number of aryl methyl sites for hydroxylation is 2. The van der Waals surface area contributed by atoms with Crippen molar-refractivity contribution in [2.45, 2.75) is 39.8 Å². The van der Waals surface area contributed by atoms with E-state index in [1.807, 2.05) is 13.8 Å². The summed E-state index contributed by atoms with van der Waals surface area (Å²) in [6.45, 7) is 10.6. The predicted octanol–water partition coefficient (Wildman–Crippen LogP) is 3.92. The molecule has 1 aromatic heterocycles. The fraction of sp³-hybridized carbons (Fsp3) is 0.667. The van der Waals surface area contributed by atoms with E-state index in [1.165, 1.54) is 5.56 Å². The molecule has 90 valence electrons. The topological polar surface area (TPSA) is 25.8 Å². The van der Waals surface area contributed by atoms with E-state index in [9.17, 15) is 0 Å². The first kappa shape index (κ1) is 14.0. The van der Waals surface area contributed by atoms with Crippen LogP contribution in [-0.4, -0.2) is 21.1 Å². The van der Waals surface area contributed by atoms with Crippen LogP contribution in [0, 0.1) is 26.2 Å². The van der Waals surface area contributed by atoms with Crippen LogP contribution in [0.2, 0.25) is 0 Å². The second kappa shape index (κ2) is 5.50. The summed E-state index contributed by atoms with van der Waals surface area (Å²) < 4.78 is 0. The molecule has 0 bridgehead atoms.